The molecule has 0 saturated carbocycles. The van der Waals surface area contributed by atoms with Gasteiger partial charge in [-0.05, 0) is 50.7 Å². The lowest BCUT2D eigenvalue weighted by Gasteiger charge is -2.37. The third kappa shape index (κ3) is 3.94. The second kappa shape index (κ2) is 7.89. The first-order chi connectivity index (χ1) is 13.8. The Morgan fingerprint density at radius 2 is 2.17 bits per heavy atom. The van der Waals surface area contributed by atoms with Crippen molar-refractivity contribution < 1.29 is 18.1 Å². The van der Waals surface area contributed by atoms with Gasteiger partial charge in [-0.15, -0.1) is 0 Å². The van der Waals surface area contributed by atoms with Crippen molar-refractivity contribution in [2.24, 2.45) is 13.0 Å². The minimum atomic E-state index is -1.49. The zero-order valence-electron chi connectivity index (χ0n) is 16.7. The summed E-state index contributed by atoms with van der Waals surface area (Å²) in [6.07, 6.45) is 2.60. The average Bonchev–Trinajstić information content (AvgIpc) is 2.99. The number of nitrogens with zero attached hydrogens (tertiary/aromatic N) is 2. The van der Waals surface area contributed by atoms with Crippen molar-refractivity contribution in [2.45, 2.75) is 24.3 Å². The standard InChI is InChI=1S/C20H25FN4O3S/c1-12-8-14(4-5-15(12)21)22-20(26)18-19-17(10-25(18)3)29(27)23-16-9-24(2)7-6-13(16)11-28-19/h4-5,8,10,13,16,23H,6-7,9,11H2,1-3H3,(H,22,26). The SMILES string of the molecule is Cc1cc(NC(=O)c2c3c(cn2C)S(=O)NC2CN(C)CCC2CO3)ccc1F. The fraction of sp³-hybridized carbons (Fsp3) is 0.450. The van der Waals surface area contributed by atoms with Crippen LogP contribution in [-0.4, -0.2) is 52.4 Å². The zero-order valence-corrected chi connectivity index (χ0v) is 17.5. The Kier molecular flexibility index (Phi) is 5.46. The van der Waals surface area contributed by atoms with Crippen LogP contribution in [0, 0.1) is 18.7 Å². The molecule has 29 heavy (non-hydrogen) atoms. The molecule has 3 atom stereocenters. The first kappa shape index (κ1) is 20.1. The Hall–Kier alpha value is -2.23. The molecule has 2 aliphatic heterocycles. The maximum Gasteiger partial charge on any atom is 0.276 e. The number of nitrogens with one attached hydrogen (secondary N) is 2. The van der Waals surface area contributed by atoms with Crippen LogP contribution >= 0.6 is 0 Å². The number of aryl methyl sites for hydroxylation is 2. The number of ether oxygens (including phenoxy) is 1. The van der Waals surface area contributed by atoms with Crippen molar-refractivity contribution in [1.29, 1.82) is 0 Å². The number of hydrogen-bond donors (Lipinski definition) is 2. The summed E-state index contributed by atoms with van der Waals surface area (Å²) < 4.78 is 37.4. The molecule has 7 nitrogen and oxygen atoms in total. The highest BCUT2D eigenvalue weighted by atomic mass is 32.2. The number of carbonyl (C=O) groups is 1. The molecule has 0 bridgehead atoms. The average molecular weight is 421 g/mol. The Bertz CT molecular complexity index is 977. The molecule has 3 unspecified atom stereocenters. The number of amides is 1. The highest BCUT2D eigenvalue weighted by Crippen LogP contribution is 2.33. The number of likely N-dealkylation sites (N-methyl/N-ethyl adjacent to an activating group) is 1. The molecule has 1 amide bonds. The molecule has 9 heteroatoms. The Labute approximate surface area is 171 Å². The molecule has 0 spiro atoms. The van der Waals surface area contributed by atoms with Gasteiger partial charge in [0.15, 0.2) is 11.4 Å². The molecule has 1 aromatic carbocycles. The van der Waals surface area contributed by atoms with Crippen LogP contribution in [0.4, 0.5) is 10.1 Å². The van der Waals surface area contributed by atoms with Crippen LogP contribution in [0.5, 0.6) is 5.75 Å². The van der Waals surface area contributed by atoms with E-state index in [1.165, 1.54) is 12.1 Å². The van der Waals surface area contributed by atoms with Gasteiger partial charge in [0, 0.05) is 37.4 Å². The van der Waals surface area contributed by atoms with E-state index in [1.54, 1.807) is 30.8 Å². The monoisotopic (exact) mass is 420 g/mol. The largest absolute Gasteiger partial charge is 0.489 e. The van der Waals surface area contributed by atoms with Gasteiger partial charge in [-0.1, -0.05) is 0 Å². The number of anilines is 1. The van der Waals surface area contributed by atoms with Crippen LogP contribution in [0.25, 0.3) is 0 Å². The summed E-state index contributed by atoms with van der Waals surface area (Å²) in [6, 6.07) is 4.47. The van der Waals surface area contributed by atoms with Gasteiger partial charge in [0.05, 0.1) is 6.61 Å². The van der Waals surface area contributed by atoms with E-state index in [4.69, 9.17) is 4.74 Å². The minimum Gasteiger partial charge on any atom is -0.489 e. The van der Waals surface area contributed by atoms with Gasteiger partial charge in [-0.25, -0.2) is 13.3 Å². The highest BCUT2D eigenvalue weighted by Gasteiger charge is 2.35. The lowest BCUT2D eigenvalue weighted by molar-refractivity contribution is 0.100. The maximum atomic E-state index is 13.5. The number of fused-ring (bicyclic) bond motifs is 2. The summed E-state index contributed by atoms with van der Waals surface area (Å²) in [5.41, 5.74) is 1.23. The molecule has 2 aliphatic rings. The molecule has 1 fully saturated rings. The van der Waals surface area contributed by atoms with E-state index >= 15 is 0 Å². The van der Waals surface area contributed by atoms with E-state index in [2.05, 4.69) is 14.9 Å². The van der Waals surface area contributed by atoms with E-state index in [0.717, 1.165) is 19.5 Å². The summed E-state index contributed by atoms with van der Waals surface area (Å²) in [7, 11) is 2.28. The molecule has 2 N–H and O–H groups in total. The highest BCUT2D eigenvalue weighted by molar-refractivity contribution is 7.83. The van der Waals surface area contributed by atoms with Crippen LogP contribution in [-0.2, 0) is 18.0 Å². The predicted octanol–water partition coefficient (Wildman–Crippen LogP) is 2.05. The van der Waals surface area contributed by atoms with E-state index in [0.29, 0.717) is 34.2 Å². The second-order valence-electron chi connectivity index (χ2n) is 7.82. The molecule has 4 rings (SSSR count). The van der Waals surface area contributed by atoms with Crippen molar-refractivity contribution in [3.63, 3.8) is 0 Å². The van der Waals surface area contributed by atoms with Gasteiger partial charge >= 0.3 is 0 Å². The number of carbonyl (C=O) groups excluding carboxylic acids is 1. The first-order valence-electron chi connectivity index (χ1n) is 9.59. The van der Waals surface area contributed by atoms with E-state index in [9.17, 15) is 13.4 Å². The Morgan fingerprint density at radius 1 is 1.38 bits per heavy atom. The van der Waals surface area contributed by atoms with Crippen LogP contribution in [0.3, 0.4) is 0 Å². The number of benzene rings is 1. The zero-order chi connectivity index (χ0) is 20.7. The second-order valence-corrected chi connectivity index (χ2v) is 9.03. The van der Waals surface area contributed by atoms with Gasteiger partial charge in [-0.2, -0.15) is 0 Å². The number of aromatic nitrogens is 1. The van der Waals surface area contributed by atoms with Gasteiger partial charge in [-0.3, -0.25) is 4.79 Å². The molecule has 3 heterocycles. The van der Waals surface area contributed by atoms with Gasteiger partial charge in [0.1, 0.15) is 21.7 Å². The molecule has 0 aliphatic carbocycles. The molecule has 1 saturated heterocycles. The molecule has 0 radical (unpaired) electrons. The van der Waals surface area contributed by atoms with Crippen molar-refractivity contribution in [2.75, 3.05) is 32.1 Å². The summed E-state index contributed by atoms with van der Waals surface area (Å²) in [5, 5.41) is 2.78. The maximum absolute atomic E-state index is 13.5. The Balaban J connectivity index is 1.62. The number of halogens is 1. The van der Waals surface area contributed by atoms with Crippen molar-refractivity contribution in [1.82, 2.24) is 14.2 Å². The molecular weight excluding hydrogens is 395 g/mol. The summed E-state index contributed by atoms with van der Waals surface area (Å²) >= 11 is 0. The van der Waals surface area contributed by atoms with E-state index in [1.807, 2.05) is 7.05 Å². The fourth-order valence-corrected chi connectivity index (χ4v) is 5.16. The summed E-state index contributed by atoms with van der Waals surface area (Å²) in [4.78, 5) is 15.6. The number of piperidine rings is 1. The normalized spacial score (nSPS) is 24.6. The summed E-state index contributed by atoms with van der Waals surface area (Å²) in [6.45, 7) is 3.85. The van der Waals surface area contributed by atoms with Crippen LogP contribution in [0.1, 0.15) is 22.5 Å². The van der Waals surface area contributed by atoms with E-state index in [-0.39, 0.29) is 17.8 Å². The number of rotatable bonds is 2. The fourth-order valence-electron chi connectivity index (χ4n) is 3.91. The predicted molar refractivity (Wildman–Crippen MR) is 109 cm³/mol. The van der Waals surface area contributed by atoms with Crippen molar-refractivity contribution >= 4 is 22.6 Å². The lowest BCUT2D eigenvalue weighted by atomic mass is 9.93. The summed E-state index contributed by atoms with van der Waals surface area (Å²) in [5.74, 6) is -0.159. The van der Waals surface area contributed by atoms with Crippen molar-refractivity contribution in [3.8, 4) is 5.75 Å². The van der Waals surface area contributed by atoms with Crippen LogP contribution in [0.2, 0.25) is 0 Å². The third-order valence-corrected chi connectivity index (χ3v) is 6.80. The van der Waals surface area contributed by atoms with Crippen molar-refractivity contribution in [3.05, 3.63) is 41.5 Å². The topological polar surface area (TPSA) is 75.6 Å². The lowest BCUT2D eigenvalue weighted by Crippen LogP contribution is -2.52. The van der Waals surface area contributed by atoms with Gasteiger partial charge < -0.3 is 19.5 Å². The van der Waals surface area contributed by atoms with Crippen LogP contribution < -0.4 is 14.8 Å². The Morgan fingerprint density at radius 3 is 2.93 bits per heavy atom. The van der Waals surface area contributed by atoms with Gasteiger partial charge in [0.2, 0.25) is 0 Å². The van der Waals surface area contributed by atoms with Gasteiger partial charge in [0.25, 0.3) is 5.91 Å². The first-order valence-corrected chi connectivity index (χ1v) is 10.7. The molecule has 1 aromatic heterocycles. The molecular formula is C20H25FN4O3S. The number of likely N-dealkylation sites (tertiary alicyclic amines) is 1. The third-order valence-electron chi connectivity index (χ3n) is 5.59. The van der Waals surface area contributed by atoms with Crippen LogP contribution in [0.15, 0.2) is 29.3 Å². The van der Waals surface area contributed by atoms with E-state index < -0.39 is 16.9 Å². The minimum absolute atomic E-state index is 0.0717. The molecule has 2 aromatic rings. The molecule has 156 valence electrons. The smallest absolute Gasteiger partial charge is 0.276 e. The number of hydrogen-bond acceptors (Lipinski definition) is 4. The quantitative estimate of drug-likeness (QED) is 0.780.